The fourth-order valence-corrected chi connectivity index (χ4v) is 5.96. The van der Waals surface area contributed by atoms with Crippen LogP contribution < -0.4 is 4.90 Å². The van der Waals surface area contributed by atoms with Crippen molar-refractivity contribution >= 4 is 16.9 Å². The van der Waals surface area contributed by atoms with E-state index in [1.54, 1.807) is 0 Å². The molecular weight excluding hydrogens is 470 g/mol. The summed E-state index contributed by atoms with van der Waals surface area (Å²) in [6, 6.07) is 48.3. The summed E-state index contributed by atoms with van der Waals surface area (Å²) in [6.07, 6.45) is 8.35. The van der Waals surface area contributed by atoms with Gasteiger partial charge in [-0.25, -0.2) is 0 Å². The summed E-state index contributed by atoms with van der Waals surface area (Å²) >= 11 is 0. The minimum absolute atomic E-state index is 0.0437. The molecule has 1 nitrogen and oxygen atoms in total. The molecule has 1 fully saturated rings. The Kier molecular flexibility index (Phi) is 5.78. The maximum atomic E-state index is 2.56. The summed E-state index contributed by atoms with van der Waals surface area (Å²) in [5, 5.41) is 0. The van der Waals surface area contributed by atoms with Crippen LogP contribution in [0, 0.1) is 12.8 Å². The second-order valence-corrected chi connectivity index (χ2v) is 10.8. The quantitative estimate of drug-likeness (QED) is 0.224. The lowest BCUT2D eigenvalue weighted by Gasteiger charge is -2.35. The third kappa shape index (κ3) is 4.41. The number of hydrogen-bond donors (Lipinski definition) is 0. The van der Waals surface area contributed by atoms with Crippen LogP contribution in [0.4, 0.5) is 11.4 Å². The second-order valence-electron chi connectivity index (χ2n) is 10.8. The zero-order chi connectivity index (χ0) is 26.2. The molecule has 5 aromatic carbocycles. The number of anilines is 2. The summed E-state index contributed by atoms with van der Waals surface area (Å²) in [6.45, 7) is 2.13. The summed E-state index contributed by atoms with van der Waals surface area (Å²) in [4.78, 5) is 2.56. The SMILES string of the molecule is Cc1ccc(-c2ccc(N(c3ccc(-c4ccccc4)cc3)C34C=CC(c5ccccc5)=CC3C4)cc2)cc1. The van der Waals surface area contributed by atoms with E-state index in [-0.39, 0.29) is 5.54 Å². The number of nitrogens with zero attached hydrogens (tertiary/aromatic N) is 1. The van der Waals surface area contributed by atoms with Gasteiger partial charge >= 0.3 is 0 Å². The topological polar surface area (TPSA) is 3.24 Å². The molecule has 1 saturated carbocycles. The van der Waals surface area contributed by atoms with Crippen molar-refractivity contribution in [1.82, 2.24) is 0 Å². The number of allylic oxidation sites excluding steroid dienone is 2. The lowest BCUT2D eigenvalue weighted by molar-refractivity contribution is 0.753. The van der Waals surface area contributed by atoms with Crippen molar-refractivity contribution in [1.29, 1.82) is 0 Å². The molecule has 0 aliphatic heterocycles. The van der Waals surface area contributed by atoms with Gasteiger partial charge in [0.2, 0.25) is 0 Å². The van der Waals surface area contributed by atoms with Gasteiger partial charge in [0.25, 0.3) is 0 Å². The van der Waals surface area contributed by atoms with E-state index in [1.807, 2.05) is 0 Å². The first-order chi connectivity index (χ1) is 19.2. The first-order valence-corrected chi connectivity index (χ1v) is 13.8. The molecule has 0 N–H and O–H groups in total. The number of fused-ring (bicyclic) bond motifs is 1. The van der Waals surface area contributed by atoms with E-state index >= 15 is 0 Å². The lowest BCUT2D eigenvalue weighted by atomic mass is 9.95. The average Bonchev–Trinajstić information content (AvgIpc) is 3.74. The molecule has 5 aromatic rings. The third-order valence-corrected chi connectivity index (χ3v) is 8.23. The van der Waals surface area contributed by atoms with Crippen molar-refractivity contribution in [2.45, 2.75) is 18.9 Å². The van der Waals surface area contributed by atoms with Crippen LogP contribution in [0.25, 0.3) is 27.8 Å². The van der Waals surface area contributed by atoms with Crippen LogP contribution in [0.5, 0.6) is 0 Å². The van der Waals surface area contributed by atoms with Crippen LogP contribution in [0.2, 0.25) is 0 Å². The molecular formula is C38H31N. The maximum absolute atomic E-state index is 2.56. The number of hydrogen-bond acceptors (Lipinski definition) is 1. The monoisotopic (exact) mass is 501 g/mol. The Labute approximate surface area is 231 Å². The number of aryl methyl sites for hydroxylation is 1. The summed E-state index contributed by atoms with van der Waals surface area (Å²) in [5.74, 6) is 0.475. The summed E-state index contributed by atoms with van der Waals surface area (Å²) in [5.41, 5.74) is 11.3. The van der Waals surface area contributed by atoms with E-state index in [9.17, 15) is 0 Å². The van der Waals surface area contributed by atoms with Gasteiger partial charge in [-0.05, 0) is 71.0 Å². The van der Waals surface area contributed by atoms with Crippen LogP contribution in [0.1, 0.15) is 17.5 Å². The Morgan fingerprint density at radius 1 is 0.538 bits per heavy atom. The predicted octanol–water partition coefficient (Wildman–Crippen LogP) is 9.88. The smallest absolute Gasteiger partial charge is 0.0707 e. The molecule has 7 rings (SSSR count). The van der Waals surface area contributed by atoms with E-state index in [0.717, 1.165) is 6.42 Å². The van der Waals surface area contributed by atoms with Gasteiger partial charge in [-0.1, -0.05) is 133 Å². The van der Waals surface area contributed by atoms with Gasteiger partial charge < -0.3 is 4.90 Å². The van der Waals surface area contributed by atoms with Gasteiger partial charge in [0.15, 0.2) is 0 Å². The molecule has 188 valence electrons. The van der Waals surface area contributed by atoms with E-state index < -0.39 is 0 Å². The van der Waals surface area contributed by atoms with Gasteiger partial charge in [-0.3, -0.25) is 0 Å². The molecule has 1 heteroatoms. The molecule has 0 amide bonds. The maximum Gasteiger partial charge on any atom is 0.0707 e. The Bertz CT molecular complexity index is 1640. The van der Waals surface area contributed by atoms with Crippen LogP contribution in [0.3, 0.4) is 0 Å². The predicted molar refractivity (Wildman–Crippen MR) is 165 cm³/mol. The van der Waals surface area contributed by atoms with Crippen LogP contribution in [0.15, 0.2) is 152 Å². The molecule has 0 spiro atoms. The van der Waals surface area contributed by atoms with Crippen molar-refractivity contribution in [2.75, 3.05) is 4.90 Å². The van der Waals surface area contributed by atoms with Crippen molar-refractivity contribution in [3.63, 3.8) is 0 Å². The van der Waals surface area contributed by atoms with Gasteiger partial charge in [0.05, 0.1) is 5.54 Å². The van der Waals surface area contributed by atoms with Crippen LogP contribution in [-0.4, -0.2) is 5.54 Å². The Morgan fingerprint density at radius 3 is 1.51 bits per heavy atom. The van der Waals surface area contributed by atoms with E-state index in [0.29, 0.717) is 5.92 Å². The highest BCUT2D eigenvalue weighted by atomic mass is 15.2. The van der Waals surface area contributed by atoms with Gasteiger partial charge in [0.1, 0.15) is 0 Å². The minimum Gasteiger partial charge on any atom is -0.331 e. The third-order valence-electron chi connectivity index (χ3n) is 8.23. The largest absolute Gasteiger partial charge is 0.331 e. The lowest BCUT2D eigenvalue weighted by Crippen LogP contribution is -2.34. The molecule has 0 saturated heterocycles. The van der Waals surface area contributed by atoms with E-state index in [1.165, 1.54) is 50.3 Å². The number of rotatable bonds is 6. The fourth-order valence-electron chi connectivity index (χ4n) is 5.96. The highest BCUT2D eigenvalue weighted by Crippen LogP contribution is 2.58. The van der Waals surface area contributed by atoms with Gasteiger partial charge in [-0.15, -0.1) is 0 Å². The molecule has 0 bridgehead atoms. The highest BCUT2D eigenvalue weighted by molar-refractivity contribution is 5.81. The summed E-state index contributed by atoms with van der Waals surface area (Å²) < 4.78 is 0. The zero-order valence-electron chi connectivity index (χ0n) is 22.2. The fraction of sp³-hybridized carbons (Fsp3) is 0.105. The molecule has 2 aliphatic carbocycles. The Hall–Kier alpha value is -4.62. The Balaban J connectivity index is 1.26. The normalized spacial score (nSPS) is 19.2. The van der Waals surface area contributed by atoms with E-state index in [4.69, 9.17) is 0 Å². The highest BCUT2D eigenvalue weighted by Gasteiger charge is 2.57. The van der Waals surface area contributed by atoms with Gasteiger partial charge in [0, 0.05) is 17.3 Å². The molecule has 0 aromatic heterocycles. The van der Waals surface area contributed by atoms with Crippen molar-refractivity contribution in [3.8, 4) is 22.3 Å². The molecule has 0 radical (unpaired) electrons. The average molecular weight is 502 g/mol. The van der Waals surface area contributed by atoms with Crippen LogP contribution in [-0.2, 0) is 0 Å². The van der Waals surface area contributed by atoms with E-state index in [2.05, 4.69) is 164 Å². The molecule has 0 heterocycles. The molecule has 39 heavy (non-hydrogen) atoms. The summed E-state index contributed by atoms with van der Waals surface area (Å²) in [7, 11) is 0. The van der Waals surface area contributed by atoms with Crippen molar-refractivity contribution in [2.24, 2.45) is 5.92 Å². The standard InChI is InChI=1S/C38H31N/c1-28-12-14-31(15-13-28)33-18-22-37(23-19-33)39(36-20-16-32(17-21-36)29-8-4-2-5-9-29)38-25-24-34(26-35(38)27-38)30-10-6-3-7-11-30/h2-26,35H,27H2,1H3. The zero-order valence-corrected chi connectivity index (χ0v) is 22.2. The minimum atomic E-state index is -0.0437. The van der Waals surface area contributed by atoms with Gasteiger partial charge in [-0.2, -0.15) is 0 Å². The molecule has 2 unspecified atom stereocenters. The first-order valence-electron chi connectivity index (χ1n) is 13.8. The van der Waals surface area contributed by atoms with Crippen LogP contribution >= 0.6 is 0 Å². The number of benzene rings is 5. The Morgan fingerprint density at radius 2 is 1.00 bits per heavy atom. The first kappa shape index (κ1) is 23.5. The molecule has 2 atom stereocenters. The van der Waals surface area contributed by atoms with Crippen molar-refractivity contribution in [3.05, 3.63) is 163 Å². The second kappa shape index (κ2) is 9.60. The molecule has 2 aliphatic rings. The van der Waals surface area contributed by atoms with Crippen molar-refractivity contribution < 1.29 is 0 Å².